The second-order valence-electron chi connectivity index (χ2n) is 5.88. The quantitative estimate of drug-likeness (QED) is 0.843. The second-order valence-corrected chi connectivity index (χ2v) is 6.69. The Kier molecular flexibility index (Phi) is 3.80. The van der Waals surface area contributed by atoms with Gasteiger partial charge in [0.25, 0.3) is 0 Å². The molecule has 1 aromatic rings. The van der Waals surface area contributed by atoms with Crippen molar-refractivity contribution in [2.24, 2.45) is 5.73 Å². The average Bonchev–Trinajstić information content (AvgIpc) is 2.75. The predicted octanol–water partition coefficient (Wildman–Crippen LogP) is 1.99. The van der Waals surface area contributed by atoms with Crippen LogP contribution in [0.2, 0.25) is 0 Å². The minimum absolute atomic E-state index is 0.138. The molecule has 0 bridgehead atoms. The number of hydrogen-bond donors (Lipinski definition) is 1. The van der Waals surface area contributed by atoms with Crippen LogP contribution in [0, 0.1) is 0 Å². The standard InChI is InChI=1S/C13H19BrN4O/c1-13(2,3)12-16-9(14)7-10(17-12)18-6-4-5-8(18)11(15)19/h7-8H,4-6H2,1-3H3,(H2,15,19). The van der Waals surface area contributed by atoms with Crippen molar-refractivity contribution in [2.45, 2.75) is 45.1 Å². The zero-order valence-electron chi connectivity index (χ0n) is 11.5. The molecule has 1 aromatic heterocycles. The molecule has 0 radical (unpaired) electrons. The van der Waals surface area contributed by atoms with E-state index in [1.807, 2.05) is 11.0 Å². The summed E-state index contributed by atoms with van der Waals surface area (Å²) in [6, 6.07) is 1.59. The fourth-order valence-electron chi connectivity index (χ4n) is 2.23. The summed E-state index contributed by atoms with van der Waals surface area (Å²) in [4.78, 5) is 22.5. The normalized spacial score (nSPS) is 19.8. The van der Waals surface area contributed by atoms with Crippen LogP contribution in [0.1, 0.15) is 39.4 Å². The van der Waals surface area contributed by atoms with Gasteiger partial charge in [-0.3, -0.25) is 4.79 Å². The molecule has 2 rings (SSSR count). The predicted molar refractivity (Wildman–Crippen MR) is 78.0 cm³/mol. The number of anilines is 1. The zero-order chi connectivity index (χ0) is 14.2. The van der Waals surface area contributed by atoms with Crippen LogP contribution in [-0.4, -0.2) is 28.5 Å². The number of aromatic nitrogens is 2. The summed E-state index contributed by atoms with van der Waals surface area (Å²) in [5.41, 5.74) is 5.31. The van der Waals surface area contributed by atoms with Gasteiger partial charge in [-0.1, -0.05) is 20.8 Å². The number of hydrogen-bond acceptors (Lipinski definition) is 4. The van der Waals surface area contributed by atoms with Gasteiger partial charge in [0.1, 0.15) is 22.3 Å². The van der Waals surface area contributed by atoms with Crippen LogP contribution in [0.25, 0.3) is 0 Å². The minimum Gasteiger partial charge on any atom is -0.368 e. The molecular formula is C13H19BrN4O. The number of rotatable bonds is 2. The summed E-state index contributed by atoms with van der Waals surface area (Å²) in [5.74, 6) is 1.24. The fraction of sp³-hybridized carbons (Fsp3) is 0.615. The van der Waals surface area contributed by atoms with E-state index in [4.69, 9.17) is 5.73 Å². The van der Waals surface area contributed by atoms with E-state index in [0.717, 1.165) is 35.6 Å². The lowest BCUT2D eigenvalue weighted by Crippen LogP contribution is -2.41. The Balaban J connectivity index is 2.40. The smallest absolute Gasteiger partial charge is 0.240 e. The molecule has 1 unspecified atom stereocenters. The van der Waals surface area contributed by atoms with Gasteiger partial charge < -0.3 is 10.6 Å². The Morgan fingerprint density at radius 2 is 2.16 bits per heavy atom. The van der Waals surface area contributed by atoms with Crippen molar-refractivity contribution in [3.8, 4) is 0 Å². The van der Waals surface area contributed by atoms with Crippen LogP contribution in [0.15, 0.2) is 10.7 Å². The molecule has 1 amide bonds. The third-order valence-corrected chi connectivity index (χ3v) is 3.63. The number of primary amides is 1. The molecule has 0 aliphatic carbocycles. The highest BCUT2D eigenvalue weighted by Crippen LogP contribution is 2.28. The van der Waals surface area contributed by atoms with E-state index in [1.165, 1.54) is 0 Å². The summed E-state index contributed by atoms with van der Waals surface area (Å²) < 4.78 is 0.734. The van der Waals surface area contributed by atoms with E-state index < -0.39 is 0 Å². The Bertz CT molecular complexity index is 498. The maximum absolute atomic E-state index is 11.5. The molecule has 19 heavy (non-hydrogen) atoms. The van der Waals surface area contributed by atoms with Gasteiger partial charge in [0.05, 0.1) is 0 Å². The molecule has 1 fully saturated rings. The largest absolute Gasteiger partial charge is 0.368 e. The number of nitrogens with two attached hydrogens (primary N) is 1. The summed E-state index contributed by atoms with van der Waals surface area (Å²) in [6.07, 6.45) is 1.75. The second kappa shape index (κ2) is 5.07. The molecule has 1 atom stereocenters. The maximum Gasteiger partial charge on any atom is 0.240 e. The third-order valence-electron chi connectivity index (χ3n) is 3.23. The van der Waals surface area contributed by atoms with E-state index in [-0.39, 0.29) is 17.4 Å². The number of amides is 1. The van der Waals surface area contributed by atoms with Crippen molar-refractivity contribution >= 4 is 27.7 Å². The van der Waals surface area contributed by atoms with Crippen molar-refractivity contribution in [2.75, 3.05) is 11.4 Å². The zero-order valence-corrected chi connectivity index (χ0v) is 13.1. The Morgan fingerprint density at radius 1 is 1.47 bits per heavy atom. The molecule has 0 saturated carbocycles. The Labute approximate surface area is 121 Å². The molecule has 6 heteroatoms. The van der Waals surface area contributed by atoms with E-state index in [9.17, 15) is 4.79 Å². The molecule has 1 saturated heterocycles. The van der Waals surface area contributed by atoms with Gasteiger partial charge >= 0.3 is 0 Å². The van der Waals surface area contributed by atoms with Gasteiger partial charge in [-0.05, 0) is 28.8 Å². The monoisotopic (exact) mass is 326 g/mol. The number of nitrogens with zero attached hydrogens (tertiary/aromatic N) is 3. The first-order chi connectivity index (χ1) is 8.79. The Hall–Kier alpha value is -1.17. The highest BCUT2D eigenvalue weighted by Gasteiger charge is 2.31. The molecule has 0 aromatic carbocycles. The van der Waals surface area contributed by atoms with Gasteiger partial charge in [-0.15, -0.1) is 0 Å². The summed E-state index contributed by atoms with van der Waals surface area (Å²) in [6.45, 7) is 7.00. The van der Waals surface area contributed by atoms with Crippen LogP contribution in [0.3, 0.4) is 0 Å². The van der Waals surface area contributed by atoms with E-state index in [0.29, 0.717) is 0 Å². The fourth-order valence-corrected chi connectivity index (χ4v) is 2.60. The SMILES string of the molecule is CC(C)(C)c1nc(Br)cc(N2CCCC2C(N)=O)n1. The van der Waals surface area contributed by atoms with E-state index >= 15 is 0 Å². The highest BCUT2D eigenvalue weighted by molar-refractivity contribution is 9.10. The first kappa shape index (κ1) is 14.2. The average molecular weight is 327 g/mol. The Morgan fingerprint density at radius 3 is 2.74 bits per heavy atom. The lowest BCUT2D eigenvalue weighted by atomic mass is 9.96. The first-order valence-corrected chi connectivity index (χ1v) is 7.19. The van der Waals surface area contributed by atoms with Gasteiger partial charge in [-0.2, -0.15) is 0 Å². The van der Waals surface area contributed by atoms with Gasteiger partial charge in [0.2, 0.25) is 5.91 Å². The van der Waals surface area contributed by atoms with Crippen molar-refractivity contribution < 1.29 is 4.79 Å². The van der Waals surface area contributed by atoms with Crippen molar-refractivity contribution in [1.29, 1.82) is 0 Å². The van der Waals surface area contributed by atoms with Crippen LogP contribution in [0.4, 0.5) is 5.82 Å². The molecule has 1 aliphatic heterocycles. The number of halogens is 1. The topological polar surface area (TPSA) is 72.1 Å². The minimum atomic E-state index is -0.287. The molecular weight excluding hydrogens is 308 g/mol. The van der Waals surface area contributed by atoms with Crippen molar-refractivity contribution in [3.05, 3.63) is 16.5 Å². The van der Waals surface area contributed by atoms with Gasteiger partial charge in [0, 0.05) is 18.0 Å². The van der Waals surface area contributed by atoms with Crippen LogP contribution in [-0.2, 0) is 10.2 Å². The van der Waals surface area contributed by atoms with Crippen molar-refractivity contribution in [3.63, 3.8) is 0 Å². The first-order valence-electron chi connectivity index (χ1n) is 6.40. The molecule has 0 spiro atoms. The van der Waals surface area contributed by atoms with Gasteiger partial charge in [-0.25, -0.2) is 9.97 Å². The summed E-state index contributed by atoms with van der Waals surface area (Å²) in [7, 11) is 0. The molecule has 2 N–H and O–H groups in total. The molecule has 5 nitrogen and oxygen atoms in total. The lowest BCUT2D eigenvalue weighted by molar-refractivity contribution is -0.119. The molecule has 1 aliphatic rings. The van der Waals surface area contributed by atoms with Crippen molar-refractivity contribution in [1.82, 2.24) is 9.97 Å². The number of carbonyl (C=O) groups excluding carboxylic acids is 1. The molecule has 2 heterocycles. The summed E-state index contributed by atoms with van der Waals surface area (Å²) >= 11 is 3.42. The maximum atomic E-state index is 11.5. The highest BCUT2D eigenvalue weighted by atomic mass is 79.9. The van der Waals surface area contributed by atoms with E-state index in [2.05, 4.69) is 46.7 Å². The van der Waals surface area contributed by atoms with Crippen LogP contribution in [0.5, 0.6) is 0 Å². The third kappa shape index (κ3) is 3.05. The van der Waals surface area contributed by atoms with E-state index in [1.54, 1.807) is 0 Å². The van der Waals surface area contributed by atoms with Gasteiger partial charge in [0.15, 0.2) is 0 Å². The number of carbonyl (C=O) groups is 1. The van der Waals surface area contributed by atoms with Crippen LogP contribution < -0.4 is 10.6 Å². The lowest BCUT2D eigenvalue weighted by Gasteiger charge is -2.25. The summed E-state index contributed by atoms with van der Waals surface area (Å²) in [5, 5.41) is 0. The molecule has 104 valence electrons. The van der Waals surface area contributed by atoms with Crippen LogP contribution >= 0.6 is 15.9 Å².